The van der Waals surface area contributed by atoms with Gasteiger partial charge in [0.2, 0.25) is 5.91 Å². The number of rotatable bonds is 4. The van der Waals surface area contributed by atoms with Crippen LogP contribution in [0.4, 0.5) is 4.39 Å². The number of carbonyl (C=O) groups excluding carboxylic acids is 1. The van der Waals surface area contributed by atoms with Crippen LogP contribution in [0.1, 0.15) is 24.5 Å². The number of hydrogen-bond donors (Lipinski definition) is 1. The van der Waals surface area contributed by atoms with E-state index in [0.29, 0.717) is 18.7 Å². The Kier molecular flexibility index (Phi) is 4.76. The smallest absolute Gasteiger partial charge is 0.319 e. The van der Waals surface area contributed by atoms with Crippen molar-refractivity contribution in [1.29, 1.82) is 0 Å². The standard InChI is InChI=1S/C18H20FNO5/c1-24-14-10-12(4-5-13(14)19)15-11-20(8-9-25-15)16(21)18(17(22)23)6-2-3-7-18/h2-5,10,15H,6-9,11H2,1H3,(H,22,23). The zero-order chi connectivity index (χ0) is 18.0. The van der Waals surface area contributed by atoms with E-state index >= 15 is 0 Å². The lowest BCUT2D eigenvalue weighted by molar-refractivity contribution is -0.164. The van der Waals surface area contributed by atoms with E-state index in [9.17, 15) is 19.1 Å². The number of hydrogen-bond acceptors (Lipinski definition) is 4. The summed E-state index contributed by atoms with van der Waals surface area (Å²) in [7, 11) is 1.38. The second-order valence-electron chi connectivity index (χ2n) is 6.27. The summed E-state index contributed by atoms with van der Waals surface area (Å²) in [6.07, 6.45) is 3.41. The van der Waals surface area contributed by atoms with Gasteiger partial charge in [-0.1, -0.05) is 18.2 Å². The van der Waals surface area contributed by atoms with Gasteiger partial charge in [0.25, 0.3) is 0 Å². The highest BCUT2D eigenvalue weighted by Crippen LogP contribution is 2.37. The maximum atomic E-state index is 13.6. The van der Waals surface area contributed by atoms with Crippen LogP contribution in [0.25, 0.3) is 0 Å². The van der Waals surface area contributed by atoms with Crippen LogP contribution >= 0.6 is 0 Å². The van der Waals surface area contributed by atoms with Crippen LogP contribution in [-0.2, 0) is 14.3 Å². The maximum absolute atomic E-state index is 13.6. The lowest BCUT2D eigenvalue weighted by atomic mass is 9.83. The van der Waals surface area contributed by atoms with Crippen LogP contribution in [0.3, 0.4) is 0 Å². The van der Waals surface area contributed by atoms with E-state index in [1.807, 2.05) is 0 Å². The molecule has 1 heterocycles. The van der Waals surface area contributed by atoms with Gasteiger partial charge < -0.3 is 19.5 Å². The number of carbonyl (C=O) groups is 2. The number of carboxylic acids is 1. The molecule has 1 amide bonds. The number of aliphatic carboxylic acids is 1. The molecule has 0 bridgehead atoms. The summed E-state index contributed by atoms with van der Waals surface area (Å²) < 4.78 is 24.3. The van der Waals surface area contributed by atoms with Crippen LogP contribution in [0, 0.1) is 11.2 Å². The number of morpholine rings is 1. The van der Waals surface area contributed by atoms with Gasteiger partial charge in [-0.05, 0) is 30.5 Å². The van der Waals surface area contributed by atoms with Gasteiger partial charge in [-0.25, -0.2) is 4.39 Å². The Morgan fingerprint density at radius 3 is 2.72 bits per heavy atom. The molecule has 1 unspecified atom stereocenters. The first-order valence-corrected chi connectivity index (χ1v) is 8.11. The van der Waals surface area contributed by atoms with Crippen LogP contribution in [0.15, 0.2) is 30.4 Å². The molecule has 7 heteroatoms. The Hall–Kier alpha value is -2.41. The molecule has 6 nitrogen and oxygen atoms in total. The average molecular weight is 349 g/mol. The summed E-state index contributed by atoms with van der Waals surface area (Å²) in [6.45, 7) is 0.852. The van der Waals surface area contributed by atoms with Gasteiger partial charge >= 0.3 is 5.97 Å². The third kappa shape index (κ3) is 3.11. The number of nitrogens with zero attached hydrogens (tertiary/aromatic N) is 1. The lowest BCUT2D eigenvalue weighted by Crippen LogP contribution is -2.51. The van der Waals surface area contributed by atoms with Gasteiger partial charge in [-0.15, -0.1) is 0 Å². The van der Waals surface area contributed by atoms with Crippen LogP contribution in [0.2, 0.25) is 0 Å². The van der Waals surface area contributed by atoms with E-state index in [0.717, 1.165) is 0 Å². The fraction of sp³-hybridized carbons (Fsp3) is 0.444. The normalized spacial score (nSPS) is 22.0. The Morgan fingerprint density at radius 2 is 2.08 bits per heavy atom. The monoisotopic (exact) mass is 349 g/mol. The first-order chi connectivity index (χ1) is 12.0. The Morgan fingerprint density at radius 1 is 1.36 bits per heavy atom. The minimum atomic E-state index is -1.41. The van der Waals surface area contributed by atoms with E-state index < -0.39 is 29.2 Å². The van der Waals surface area contributed by atoms with E-state index in [1.54, 1.807) is 18.2 Å². The number of amides is 1. The molecule has 2 aliphatic rings. The first-order valence-electron chi connectivity index (χ1n) is 8.11. The third-order valence-electron chi connectivity index (χ3n) is 4.82. The molecule has 25 heavy (non-hydrogen) atoms. The van der Waals surface area contributed by atoms with Gasteiger partial charge in [-0.3, -0.25) is 9.59 Å². The van der Waals surface area contributed by atoms with Crippen LogP contribution < -0.4 is 4.74 Å². The lowest BCUT2D eigenvalue weighted by Gasteiger charge is -2.37. The minimum absolute atomic E-state index is 0.103. The van der Waals surface area contributed by atoms with Crippen molar-refractivity contribution in [2.45, 2.75) is 18.9 Å². The van der Waals surface area contributed by atoms with Crippen molar-refractivity contribution in [3.63, 3.8) is 0 Å². The van der Waals surface area contributed by atoms with Crippen molar-refractivity contribution < 1.29 is 28.6 Å². The van der Waals surface area contributed by atoms with E-state index in [2.05, 4.69) is 0 Å². The molecule has 1 aromatic rings. The van der Waals surface area contributed by atoms with E-state index in [4.69, 9.17) is 9.47 Å². The van der Waals surface area contributed by atoms with Gasteiger partial charge in [0.05, 0.1) is 20.3 Å². The second-order valence-corrected chi connectivity index (χ2v) is 6.27. The molecular weight excluding hydrogens is 329 g/mol. The Bertz CT molecular complexity index is 709. The highest BCUT2D eigenvalue weighted by Gasteiger charge is 2.49. The van der Waals surface area contributed by atoms with Gasteiger partial charge in [0.1, 0.15) is 6.10 Å². The fourth-order valence-corrected chi connectivity index (χ4v) is 3.31. The van der Waals surface area contributed by atoms with Crippen LogP contribution in [0.5, 0.6) is 5.75 Å². The van der Waals surface area contributed by atoms with Crippen LogP contribution in [-0.4, -0.2) is 48.7 Å². The number of halogens is 1. The molecule has 1 atom stereocenters. The van der Waals surface area contributed by atoms with Crippen molar-refractivity contribution in [3.05, 3.63) is 41.7 Å². The van der Waals surface area contributed by atoms with E-state index in [1.165, 1.54) is 24.1 Å². The molecule has 1 aliphatic heterocycles. The molecule has 0 aromatic heterocycles. The fourth-order valence-electron chi connectivity index (χ4n) is 3.31. The maximum Gasteiger partial charge on any atom is 0.319 e. The Balaban J connectivity index is 1.79. The predicted molar refractivity (Wildman–Crippen MR) is 86.7 cm³/mol. The molecule has 0 saturated carbocycles. The number of ether oxygens (including phenoxy) is 2. The summed E-state index contributed by atoms with van der Waals surface area (Å²) in [6, 6.07) is 4.41. The molecule has 1 saturated heterocycles. The highest BCUT2D eigenvalue weighted by atomic mass is 19.1. The summed E-state index contributed by atoms with van der Waals surface area (Å²) in [5.41, 5.74) is -0.729. The number of methoxy groups -OCH3 is 1. The molecule has 1 fully saturated rings. The Labute approximate surface area is 144 Å². The first kappa shape index (κ1) is 17.4. The topological polar surface area (TPSA) is 76.1 Å². The summed E-state index contributed by atoms with van der Waals surface area (Å²) >= 11 is 0. The quantitative estimate of drug-likeness (QED) is 0.666. The molecule has 134 valence electrons. The second kappa shape index (κ2) is 6.84. The van der Waals surface area contributed by atoms with Crippen molar-refractivity contribution in [2.24, 2.45) is 5.41 Å². The van der Waals surface area contributed by atoms with Crippen molar-refractivity contribution in [2.75, 3.05) is 26.8 Å². The zero-order valence-corrected chi connectivity index (χ0v) is 13.9. The van der Waals surface area contributed by atoms with Crippen molar-refractivity contribution >= 4 is 11.9 Å². The number of allylic oxidation sites excluding steroid dienone is 2. The van der Waals surface area contributed by atoms with Crippen molar-refractivity contribution in [3.8, 4) is 5.75 Å². The summed E-state index contributed by atoms with van der Waals surface area (Å²) in [4.78, 5) is 26.1. The SMILES string of the molecule is COc1cc(C2CN(C(=O)C3(C(=O)O)CC=CC3)CCO2)ccc1F. The zero-order valence-electron chi connectivity index (χ0n) is 13.9. The average Bonchev–Trinajstić information content (AvgIpc) is 3.13. The van der Waals surface area contributed by atoms with Gasteiger partial charge in [0.15, 0.2) is 17.0 Å². The minimum Gasteiger partial charge on any atom is -0.494 e. The van der Waals surface area contributed by atoms with Gasteiger partial charge in [-0.2, -0.15) is 0 Å². The molecule has 1 aliphatic carbocycles. The molecule has 1 aromatic carbocycles. The highest BCUT2D eigenvalue weighted by molar-refractivity contribution is 6.02. The molecule has 0 spiro atoms. The van der Waals surface area contributed by atoms with Crippen molar-refractivity contribution in [1.82, 2.24) is 4.90 Å². The van der Waals surface area contributed by atoms with Gasteiger partial charge in [0, 0.05) is 6.54 Å². The summed E-state index contributed by atoms with van der Waals surface area (Å²) in [5.74, 6) is -1.87. The summed E-state index contributed by atoms with van der Waals surface area (Å²) in [5, 5.41) is 9.57. The number of benzene rings is 1. The molecular formula is C18H20FNO5. The molecule has 0 radical (unpaired) electrons. The largest absolute Gasteiger partial charge is 0.494 e. The molecule has 3 rings (SSSR count). The van der Waals surface area contributed by atoms with E-state index in [-0.39, 0.29) is 25.1 Å². The molecule has 1 N–H and O–H groups in total. The number of carboxylic acid groups (broad SMARTS) is 1. The predicted octanol–water partition coefficient (Wildman–Crippen LogP) is 2.16. The third-order valence-corrected chi connectivity index (χ3v) is 4.82.